The zero-order chi connectivity index (χ0) is 13.0. The van der Waals surface area contributed by atoms with Gasteiger partial charge in [-0.15, -0.1) is 0 Å². The first-order chi connectivity index (χ1) is 8.72. The Bertz CT molecular complexity index is 502. The van der Waals surface area contributed by atoms with E-state index < -0.39 is 6.04 Å². The number of imidazole rings is 1. The monoisotopic (exact) mass is 270 g/mol. The number of hydrogen-bond acceptors (Lipinski definition) is 7. The molecule has 0 unspecified atom stereocenters. The second-order valence-electron chi connectivity index (χ2n) is 3.40. The highest BCUT2D eigenvalue weighted by atomic mass is 35.5. The van der Waals surface area contributed by atoms with Crippen molar-refractivity contribution in [3.63, 3.8) is 0 Å². The zero-order valence-corrected chi connectivity index (χ0v) is 9.99. The normalized spacial score (nSPS) is 10.9. The zero-order valence-electron chi connectivity index (χ0n) is 9.23. The van der Waals surface area contributed by atoms with Gasteiger partial charge < -0.3 is 15.5 Å². The highest BCUT2D eigenvalue weighted by Gasteiger charge is 2.11. The summed E-state index contributed by atoms with van der Waals surface area (Å²) in [4.78, 5) is 15.8. The van der Waals surface area contributed by atoms with E-state index >= 15 is 0 Å². The van der Waals surface area contributed by atoms with E-state index in [-0.39, 0.29) is 24.4 Å². The van der Waals surface area contributed by atoms with E-state index in [2.05, 4.69) is 25.3 Å². The molecule has 0 spiro atoms. The molecule has 18 heavy (non-hydrogen) atoms. The molecule has 0 aliphatic carbocycles. The van der Waals surface area contributed by atoms with Crippen LogP contribution in [0, 0.1) is 0 Å². The van der Waals surface area contributed by atoms with Crippen molar-refractivity contribution in [1.82, 2.24) is 24.5 Å². The number of aliphatic hydroxyl groups excluding tert-OH is 2. The van der Waals surface area contributed by atoms with Crippen LogP contribution in [0.25, 0.3) is 5.95 Å². The van der Waals surface area contributed by atoms with E-state index in [1.165, 1.54) is 6.33 Å². The van der Waals surface area contributed by atoms with Crippen molar-refractivity contribution in [2.45, 2.75) is 6.04 Å². The topological polar surface area (TPSA) is 109 Å². The van der Waals surface area contributed by atoms with E-state index in [4.69, 9.17) is 21.8 Å². The average Bonchev–Trinajstić information content (AvgIpc) is 2.89. The van der Waals surface area contributed by atoms with Crippen LogP contribution in [0.1, 0.15) is 0 Å². The maximum atomic E-state index is 8.97. The molecule has 0 saturated carbocycles. The molecule has 0 saturated heterocycles. The molecule has 0 fully saturated rings. The van der Waals surface area contributed by atoms with Crippen LogP contribution >= 0.6 is 11.6 Å². The lowest BCUT2D eigenvalue weighted by Crippen LogP contribution is -2.29. The molecule has 0 amide bonds. The quantitative estimate of drug-likeness (QED) is 0.670. The van der Waals surface area contributed by atoms with Gasteiger partial charge in [-0.05, 0) is 11.6 Å². The van der Waals surface area contributed by atoms with Gasteiger partial charge in [0.2, 0.25) is 17.2 Å². The molecule has 0 aliphatic rings. The van der Waals surface area contributed by atoms with Gasteiger partial charge in [0.25, 0.3) is 0 Å². The molecule has 0 aliphatic heterocycles. The van der Waals surface area contributed by atoms with Gasteiger partial charge in [0.05, 0.1) is 19.3 Å². The minimum absolute atomic E-state index is 0.00540. The molecule has 2 aromatic heterocycles. The van der Waals surface area contributed by atoms with Gasteiger partial charge in [-0.1, -0.05) is 0 Å². The molecule has 8 nitrogen and oxygen atoms in total. The van der Waals surface area contributed by atoms with E-state index in [9.17, 15) is 0 Å². The first-order valence-corrected chi connectivity index (χ1v) is 5.49. The van der Waals surface area contributed by atoms with Crippen molar-refractivity contribution in [3.05, 3.63) is 24.0 Å². The van der Waals surface area contributed by atoms with Crippen molar-refractivity contribution < 1.29 is 10.2 Å². The van der Waals surface area contributed by atoms with E-state index in [0.717, 1.165) is 0 Å². The number of nitrogens with zero attached hydrogens (tertiary/aromatic N) is 5. The minimum atomic E-state index is -0.556. The van der Waals surface area contributed by atoms with E-state index in [0.29, 0.717) is 5.95 Å². The highest BCUT2D eigenvalue weighted by Crippen LogP contribution is 2.10. The summed E-state index contributed by atoms with van der Waals surface area (Å²) in [6.45, 7) is -0.500. The maximum Gasteiger partial charge on any atom is 0.241 e. The summed E-state index contributed by atoms with van der Waals surface area (Å²) in [6, 6.07) is -0.556. The van der Waals surface area contributed by atoms with Gasteiger partial charge in [-0.2, -0.15) is 15.0 Å². The fourth-order valence-electron chi connectivity index (χ4n) is 1.23. The Kier molecular flexibility index (Phi) is 4.03. The predicted molar refractivity (Wildman–Crippen MR) is 63.5 cm³/mol. The maximum absolute atomic E-state index is 8.97. The SMILES string of the molecule is OCC(CO)Nc1nc(Cl)nc(-n2ccnc2)n1. The van der Waals surface area contributed by atoms with Gasteiger partial charge in [0.1, 0.15) is 6.33 Å². The van der Waals surface area contributed by atoms with Crippen LogP contribution in [0.5, 0.6) is 0 Å². The summed E-state index contributed by atoms with van der Waals surface area (Å²) >= 11 is 5.78. The van der Waals surface area contributed by atoms with Crippen molar-refractivity contribution in [2.24, 2.45) is 0 Å². The Morgan fingerprint density at radius 2 is 2.06 bits per heavy atom. The predicted octanol–water partition coefficient (Wildman–Crippen LogP) is -0.524. The van der Waals surface area contributed by atoms with Crippen LogP contribution in [0.15, 0.2) is 18.7 Å². The van der Waals surface area contributed by atoms with Gasteiger partial charge in [0.15, 0.2) is 0 Å². The molecule has 0 bridgehead atoms. The third kappa shape index (κ3) is 2.92. The molecule has 0 aromatic carbocycles. The molecule has 9 heteroatoms. The van der Waals surface area contributed by atoms with E-state index in [1.54, 1.807) is 17.0 Å². The molecular weight excluding hydrogens is 260 g/mol. The minimum Gasteiger partial charge on any atom is -0.394 e. The summed E-state index contributed by atoms with van der Waals surface area (Å²) in [5, 5.41) is 20.7. The lowest BCUT2D eigenvalue weighted by Gasteiger charge is -2.13. The number of halogens is 1. The number of anilines is 1. The Morgan fingerprint density at radius 1 is 1.28 bits per heavy atom. The summed E-state index contributed by atoms with van der Waals surface area (Å²) in [5.41, 5.74) is 0. The number of aliphatic hydroxyl groups is 2. The van der Waals surface area contributed by atoms with Crippen LogP contribution in [-0.4, -0.2) is 54.0 Å². The standard InChI is InChI=1S/C9H11ClN6O2/c10-7-13-8(12-6(3-17)4-18)15-9(14-7)16-2-1-11-5-16/h1-2,5-6,17-18H,3-4H2,(H,12,13,14,15). The van der Waals surface area contributed by atoms with Crippen molar-refractivity contribution >= 4 is 17.5 Å². The van der Waals surface area contributed by atoms with Gasteiger partial charge in [-0.25, -0.2) is 4.98 Å². The van der Waals surface area contributed by atoms with Gasteiger partial charge in [0, 0.05) is 12.4 Å². The van der Waals surface area contributed by atoms with Crippen LogP contribution in [-0.2, 0) is 0 Å². The fourth-order valence-corrected chi connectivity index (χ4v) is 1.38. The Labute approximate surface area is 107 Å². The van der Waals surface area contributed by atoms with Crippen molar-refractivity contribution in [3.8, 4) is 5.95 Å². The van der Waals surface area contributed by atoms with Crippen molar-refractivity contribution in [2.75, 3.05) is 18.5 Å². The third-order valence-electron chi connectivity index (χ3n) is 2.11. The van der Waals surface area contributed by atoms with Crippen LogP contribution in [0.3, 0.4) is 0 Å². The third-order valence-corrected chi connectivity index (χ3v) is 2.27. The Morgan fingerprint density at radius 3 is 2.67 bits per heavy atom. The van der Waals surface area contributed by atoms with Gasteiger partial charge >= 0.3 is 0 Å². The van der Waals surface area contributed by atoms with Crippen LogP contribution in [0.4, 0.5) is 5.95 Å². The van der Waals surface area contributed by atoms with Gasteiger partial charge in [-0.3, -0.25) is 4.57 Å². The number of rotatable bonds is 5. The lowest BCUT2D eigenvalue weighted by molar-refractivity contribution is 0.203. The number of nitrogens with one attached hydrogen (secondary N) is 1. The molecule has 3 N–H and O–H groups in total. The smallest absolute Gasteiger partial charge is 0.241 e. The van der Waals surface area contributed by atoms with Crippen LogP contribution in [0.2, 0.25) is 5.28 Å². The molecule has 2 heterocycles. The average molecular weight is 271 g/mol. The Balaban J connectivity index is 2.27. The molecule has 2 aromatic rings. The summed E-state index contributed by atoms with van der Waals surface area (Å²) < 4.78 is 1.56. The lowest BCUT2D eigenvalue weighted by atomic mass is 10.3. The Hall–Kier alpha value is -1.77. The fraction of sp³-hybridized carbons (Fsp3) is 0.333. The molecule has 0 radical (unpaired) electrons. The first-order valence-electron chi connectivity index (χ1n) is 5.11. The highest BCUT2D eigenvalue weighted by molar-refractivity contribution is 6.28. The van der Waals surface area contributed by atoms with Crippen LogP contribution < -0.4 is 5.32 Å². The first kappa shape index (κ1) is 12.7. The molecule has 2 rings (SSSR count). The second-order valence-corrected chi connectivity index (χ2v) is 3.74. The summed E-state index contributed by atoms with van der Waals surface area (Å²) in [5.74, 6) is 0.469. The van der Waals surface area contributed by atoms with Crippen molar-refractivity contribution in [1.29, 1.82) is 0 Å². The number of hydrogen-bond donors (Lipinski definition) is 3. The number of aromatic nitrogens is 5. The van der Waals surface area contributed by atoms with E-state index in [1.807, 2.05) is 0 Å². The molecule has 96 valence electrons. The second kappa shape index (κ2) is 5.71. The molecule has 0 atom stereocenters. The summed E-state index contributed by atoms with van der Waals surface area (Å²) in [6.07, 6.45) is 4.76. The summed E-state index contributed by atoms with van der Waals surface area (Å²) in [7, 11) is 0. The molecular formula is C9H11ClN6O2. The largest absolute Gasteiger partial charge is 0.394 e.